The van der Waals surface area contributed by atoms with E-state index >= 15 is 0 Å². The quantitative estimate of drug-likeness (QED) is 0.0264. The van der Waals surface area contributed by atoms with Crippen molar-refractivity contribution in [3.8, 4) is 0 Å². The molecule has 1 aliphatic rings. The molecule has 1 heterocycles. The molecule has 7 atom stereocenters. The topological polar surface area (TPSA) is 149 Å². The summed E-state index contributed by atoms with van der Waals surface area (Å²) < 4.78 is 11.3. The second kappa shape index (κ2) is 39.1. The lowest BCUT2D eigenvalue weighted by Crippen LogP contribution is -2.60. The molecule has 9 nitrogen and oxygen atoms in total. The maximum atomic E-state index is 12.9. The van der Waals surface area contributed by atoms with Crippen LogP contribution in [0.3, 0.4) is 0 Å². The number of hydrogen-bond acceptors (Lipinski definition) is 8. The minimum atomic E-state index is -1.55. The minimum absolute atomic E-state index is 0.138. The molecule has 338 valence electrons. The Kier molecular flexibility index (Phi) is 37.0. The Morgan fingerprint density at radius 2 is 1.00 bits per heavy atom. The highest BCUT2D eigenvalue weighted by molar-refractivity contribution is 5.76. The lowest BCUT2D eigenvalue weighted by atomic mass is 9.99. The van der Waals surface area contributed by atoms with Crippen LogP contribution in [0.2, 0.25) is 0 Å². The maximum absolute atomic E-state index is 12.9. The number of aliphatic hydroxyl groups is 5. The molecular formula is C48H93NO8. The van der Waals surface area contributed by atoms with Gasteiger partial charge in [-0.15, -0.1) is 0 Å². The molecule has 0 radical (unpaired) electrons. The van der Waals surface area contributed by atoms with Crippen molar-refractivity contribution >= 4 is 5.91 Å². The van der Waals surface area contributed by atoms with Gasteiger partial charge in [-0.2, -0.15) is 0 Å². The zero-order valence-corrected chi connectivity index (χ0v) is 37.1. The molecule has 0 aromatic carbocycles. The van der Waals surface area contributed by atoms with Crippen LogP contribution in [0.15, 0.2) is 12.2 Å². The number of rotatable bonds is 41. The van der Waals surface area contributed by atoms with E-state index in [-0.39, 0.29) is 12.5 Å². The molecule has 1 saturated heterocycles. The van der Waals surface area contributed by atoms with E-state index in [1.165, 1.54) is 141 Å². The molecule has 0 saturated carbocycles. The van der Waals surface area contributed by atoms with Crippen molar-refractivity contribution in [3.05, 3.63) is 12.2 Å². The van der Waals surface area contributed by atoms with Gasteiger partial charge in [0.2, 0.25) is 5.91 Å². The van der Waals surface area contributed by atoms with E-state index < -0.39 is 49.5 Å². The van der Waals surface area contributed by atoms with Crippen LogP contribution in [-0.4, -0.2) is 87.5 Å². The molecule has 6 N–H and O–H groups in total. The zero-order chi connectivity index (χ0) is 41.6. The van der Waals surface area contributed by atoms with E-state index in [4.69, 9.17) is 9.47 Å². The number of ether oxygens (including phenoxy) is 2. The maximum Gasteiger partial charge on any atom is 0.220 e. The van der Waals surface area contributed by atoms with Crippen LogP contribution in [0, 0.1) is 0 Å². The van der Waals surface area contributed by atoms with Crippen molar-refractivity contribution in [2.45, 2.75) is 275 Å². The Labute approximate surface area is 350 Å². The molecule has 0 aromatic rings. The molecule has 7 unspecified atom stereocenters. The molecule has 0 aliphatic carbocycles. The van der Waals surface area contributed by atoms with Crippen molar-refractivity contribution in [3.63, 3.8) is 0 Å². The summed E-state index contributed by atoms with van der Waals surface area (Å²) in [7, 11) is 0. The predicted molar refractivity (Wildman–Crippen MR) is 235 cm³/mol. The molecule has 0 spiro atoms. The second-order valence-corrected chi connectivity index (χ2v) is 17.3. The van der Waals surface area contributed by atoms with Gasteiger partial charge < -0.3 is 40.3 Å². The monoisotopic (exact) mass is 812 g/mol. The van der Waals surface area contributed by atoms with Gasteiger partial charge in [-0.25, -0.2) is 0 Å². The average molecular weight is 812 g/mol. The minimum Gasteiger partial charge on any atom is -0.394 e. The molecule has 9 heteroatoms. The van der Waals surface area contributed by atoms with Gasteiger partial charge in [-0.3, -0.25) is 4.79 Å². The summed E-state index contributed by atoms with van der Waals surface area (Å²) in [5.74, 6) is -0.153. The van der Waals surface area contributed by atoms with Crippen LogP contribution in [0.5, 0.6) is 0 Å². The van der Waals surface area contributed by atoms with Crippen molar-refractivity contribution in [2.75, 3.05) is 13.2 Å². The third-order valence-corrected chi connectivity index (χ3v) is 11.9. The van der Waals surface area contributed by atoms with Gasteiger partial charge >= 0.3 is 0 Å². The fourth-order valence-corrected chi connectivity index (χ4v) is 7.91. The van der Waals surface area contributed by atoms with Crippen molar-refractivity contribution in [1.29, 1.82) is 0 Å². The van der Waals surface area contributed by atoms with E-state index in [2.05, 4.69) is 31.3 Å². The first-order valence-corrected chi connectivity index (χ1v) is 24.4. The lowest BCUT2D eigenvalue weighted by molar-refractivity contribution is -0.302. The SMILES string of the molecule is CCCC/C=C\CCCCCCCC(=O)NC(COC1OC(CO)C(O)C(O)C1O)C(O)CCCCCCCCCCCCCCCCCCCCCCCCC. The summed E-state index contributed by atoms with van der Waals surface area (Å²) in [6, 6.07) is -0.718. The molecule has 0 aromatic heterocycles. The van der Waals surface area contributed by atoms with Gasteiger partial charge in [-0.1, -0.05) is 206 Å². The third-order valence-electron chi connectivity index (χ3n) is 11.9. The molecule has 57 heavy (non-hydrogen) atoms. The Hall–Kier alpha value is -1.07. The average Bonchev–Trinajstić information content (AvgIpc) is 3.21. The summed E-state index contributed by atoms with van der Waals surface area (Å²) in [4.78, 5) is 12.9. The van der Waals surface area contributed by atoms with Crippen LogP contribution in [0.4, 0.5) is 0 Å². The van der Waals surface area contributed by atoms with E-state index in [1.807, 2.05) is 0 Å². The molecule has 1 rings (SSSR count). The third kappa shape index (κ3) is 29.7. The summed E-state index contributed by atoms with van der Waals surface area (Å²) in [6.07, 6.45) is 38.0. The van der Waals surface area contributed by atoms with Gasteiger partial charge in [0.1, 0.15) is 24.4 Å². The standard InChI is InChI=1S/C48H93NO8/c1-3-5-7-9-11-13-15-16-17-18-19-20-21-22-23-24-25-26-28-29-31-33-35-37-42(51)41(40-56-48-47(55)46(54)45(53)43(39-50)57-48)49-44(52)38-36-34-32-30-27-14-12-10-8-6-4-2/h10,12,41-43,45-48,50-51,53-55H,3-9,11,13-40H2,1-2H3,(H,49,52)/b12-10-. The van der Waals surface area contributed by atoms with Gasteiger partial charge in [0.15, 0.2) is 6.29 Å². The number of unbranched alkanes of at least 4 members (excludes halogenated alkanes) is 29. The molecular weight excluding hydrogens is 719 g/mol. The molecule has 1 amide bonds. The highest BCUT2D eigenvalue weighted by Crippen LogP contribution is 2.23. The Bertz CT molecular complexity index is 904. The number of nitrogens with one attached hydrogen (secondary N) is 1. The van der Waals surface area contributed by atoms with Crippen molar-refractivity contribution in [1.82, 2.24) is 5.32 Å². The van der Waals surface area contributed by atoms with Crippen LogP contribution < -0.4 is 5.32 Å². The zero-order valence-electron chi connectivity index (χ0n) is 37.1. The highest BCUT2D eigenvalue weighted by Gasteiger charge is 2.44. The fourth-order valence-electron chi connectivity index (χ4n) is 7.91. The Balaban J connectivity index is 2.23. The first kappa shape index (κ1) is 53.9. The fraction of sp³-hybridized carbons (Fsp3) is 0.938. The number of carbonyl (C=O) groups is 1. The Morgan fingerprint density at radius 1 is 0.579 bits per heavy atom. The largest absolute Gasteiger partial charge is 0.394 e. The lowest BCUT2D eigenvalue weighted by Gasteiger charge is -2.40. The van der Waals surface area contributed by atoms with Crippen molar-refractivity contribution in [2.24, 2.45) is 0 Å². The summed E-state index contributed by atoms with van der Waals surface area (Å²) in [6.45, 7) is 3.80. The number of amides is 1. The number of hydrogen-bond donors (Lipinski definition) is 6. The van der Waals surface area contributed by atoms with Crippen molar-refractivity contribution < 1.29 is 39.8 Å². The van der Waals surface area contributed by atoms with E-state index in [0.717, 1.165) is 64.2 Å². The van der Waals surface area contributed by atoms with Crippen LogP contribution in [-0.2, 0) is 14.3 Å². The number of carbonyl (C=O) groups excluding carboxylic acids is 1. The van der Waals surface area contributed by atoms with E-state index in [0.29, 0.717) is 12.8 Å². The molecule has 0 bridgehead atoms. The summed E-state index contributed by atoms with van der Waals surface area (Å²) >= 11 is 0. The van der Waals surface area contributed by atoms with Crippen LogP contribution in [0.1, 0.15) is 232 Å². The van der Waals surface area contributed by atoms with Gasteiger partial charge in [0.05, 0.1) is 25.4 Å². The molecule has 1 fully saturated rings. The van der Waals surface area contributed by atoms with Gasteiger partial charge in [0.25, 0.3) is 0 Å². The highest BCUT2D eigenvalue weighted by atomic mass is 16.7. The number of allylic oxidation sites excluding steroid dienone is 2. The first-order chi connectivity index (χ1) is 27.8. The summed E-state index contributed by atoms with van der Waals surface area (Å²) in [5, 5.41) is 54.3. The van der Waals surface area contributed by atoms with E-state index in [1.54, 1.807) is 0 Å². The van der Waals surface area contributed by atoms with E-state index in [9.17, 15) is 30.3 Å². The number of aliphatic hydroxyl groups excluding tert-OH is 5. The predicted octanol–water partition coefficient (Wildman–Crippen LogP) is 10.5. The van der Waals surface area contributed by atoms with Gasteiger partial charge in [0, 0.05) is 6.42 Å². The Morgan fingerprint density at radius 3 is 1.47 bits per heavy atom. The van der Waals surface area contributed by atoms with Crippen LogP contribution in [0.25, 0.3) is 0 Å². The van der Waals surface area contributed by atoms with Crippen LogP contribution >= 0.6 is 0 Å². The molecule has 1 aliphatic heterocycles. The summed E-state index contributed by atoms with van der Waals surface area (Å²) in [5.41, 5.74) is 0. The normalized spacial score (nSPS) is 21.0. The smallest absolute Gasteiger partial charge is 0.220 e. The second-order valence-electron chi connectivity index (χ2n) is 17.3. The van der Waals surface area contributed by atoms with Gasteiger partial charge in [-0.05, 0) is 32.1 Å². The first-order valence-electron chi connectivity index (χ1n) is 24.4.